The van der Waals surface area contributed by atoms with Crippen LogP contribution in [0.25, 0.3) is 0 Å². The summed E-state index contributed by atoms with van der Waals surface area (Å²) in [5.74, 6) is -0.00263. The lowest BCUT2D eigenvalue weighted by Crippen LogP contribution is -2.36. The highest BCUT2D eigenvalue weighted by molar-refractivity contribution is 9.10. The maximum Gasteiger partial charge on any atom is 0.241 e. The van der Waals surface area contributed by atoms with Crippen LogP contribution in [0.4, 0.5) is 0 Å². The summed E-state index contributed by atoms with van der Waals surface area (Å²) in [6.07, 6.45) is 1.82. The maximum absolute atomic E-state index is 11.7. The fourth-order valence-electron chi connectivity index (χ4n) is 1.67. The van der Waals surface area contributed by atoms with Crippen molar-refractivity contribution in [3.8, 4) is 0 Å². The molecule has 0 aliphatic rings. The average molecular weight is 317 g/mol. The van der Waals surface area contributed by atoms with Gasteiger partial charge < -0.3 is 10.2 Å². The monoisotopic (exact) mass is 316 g/mol. The Morgan fingerprint density at radius 1 is 1.50 bits per heavy atom. The number of amides is 1. The molecule has 0 aliphatic heterocycles. The lowest BCUT2D eigenvalue weighted by atomic mass is 10.4. The van der Waals surface area contributed by atoms with Gasteiger partial charge in [0.15, 0.2) is 0 Å². The lowest BCUT2D eigenvalue weighted by molar-refractivity contribution is -0.121. The van der Waals surface area contributed by atoms with Crippen LogP contribution in [0, 0.1) is 6.92 Å². The third-order valence-electron chi connectivity index (χ3n) is 2.84. The minimum atomic E-state index is -0.00263. The average Bonchev–Trinajstić information content (AvgIpc) is 2.64. The van der Waals surface area contributed by atoms with E-state index in [0.717, 1.165) is 29.8 Å². The molecule has 0 saturated carbocycles. The van der Waals surface area contributed by atoms with Crippen LogP contribution >= 0.6 is 15.9 Å². The summed E-state index contributed by atoms with van der Waals surface area (Å²) in [6, 6.07) is 0. The molecule has 0 spiro atoms. The Bertz CT molecular complexity index is 368. The number of carbonyl (C=O) groups is 1. The number of hydrogen-bond acceptors (Lipinski definition) is 3. The van der Waals surface area contributed by atoms with Gasteiger partial charge in [-0.25, -0.2) is 0 Å². The number of rotatable bonds is 7. The summed E-state index contributed by atoms with van der Waals surface area (Å²) in [5.41, 5.74) is 0.894. The molecule has 1 aromatic rings. The topological polar surface area (TPSA) is 50.2 Å². The van der Waals surface area contributed by atoms with Crippen molar-refractivity contribution in [3.05, 3.63) is 16.4 Å². The predicted molar refractivity (Wildman–Crippen MR) is 75.5 cm³/mol. The van der Waals surface area contributed by atoms with Gasteiger partial charge in [-0.3, -0.25) is 9.48 Å². The van der Waals surface area contributed by atoms with E-state index in [1.165, 1.54) is 0 Å². The van der Waals surface area contributed by atoms with E-state index in [0.29, 0.717) is 6.54 Å². The van der Waals surface area contributed by atoms with Crippen molar-refractivity contribution < 1.29 is 4.79 Å². The van der Waals surface area contributed by atoms with Gasteiger partial charge in [-0.15, -0.1) is 0 Å². The number of halogens is 1. The molecule has 5 nitrogen and oxygen atoms in total. The van der Waals surface area contributed by atoms with Crippen LogP contribution in [0.15, 0.2) is 10.7 Å². The molecule has 0 saturated heterocycles. The van der Waals surface area contributed by atoms with Crippen molar-refractivity contribution in [2.24, 2.45) is 0 Å². The molecule has 102 valence electrons. The van der Waals surface area contributed by atoms with E-state index in [9.17, 15) is 4.79 Å². The van der Waals surface area contributed by atoms with E-state index < -0.39 is 0 Å². The first-order valence-corrected chi connectivity index (χ1v) is 7.04. The predicted octanol–water partition coefficient (Wildman–Crippen LogP) is 1.41. The van der Waals surface area contributed by atoms with Crippen molar-refractivity contribution in [2.45, 2.75) is 27.3 Å². The van der Waals surface area contributed by atoms with Crippen molar-refractivity contribution in [1.29, 1.82) is 0 Å². The highest BCUT2D eigenvalue weighted by Crippen LogP contribution is 2.12. The SMILES string of the molecule is CCN(CC)CCNC(=O)Cn1cc(Br)c(C)n1. The lowest BCUT2D eigenvalue weighted by Gasteiger charge is -2.17. The normalized spacial score (nSPS) is 10.9. The van der Waals surface area contributed by atoms with Crippen LogP contribution in [0.2, 0.25) is 0 Å². The second-order valence-corrected chi connectivity index (χ2v) is 4.99. The quantitative estimate of drug-likeness (QED) is 0.827. The molecule has 1 amide bonds. The molecule has 0 atom stereocenters. The second kappa shape index (κ2) is 7.53. The van der Waals surface area contributed by atoms with Gasteiger partial charge in [0.25, 0.3) is 0 Å². The Morgan fingerprint density at radius 3 is 2.67 bits per heavy atom. The Morgan fingerprint density at radius 2 is 2.17 bits per heavy atom. The highest BCUT2D eigenvalue weighted by Gasteiger charge is 2.06. The number of nitrogens with zero attached hydrogens (tertiary/aromatic N) is 3. The third-order valence-corrected chi connectivity index (χ3v) is 3.62. The number of carbonyl (C=O) groups excluding carboxylic acids is 1. The first-order chi connectivity index (χ1) is 8.56. The zero-order chi connectivity index (χ0) is 13.5. The summed E-state index contributed by atoms with van der Waals surface area (Å²) in [6.45, 7) is 10.0. The molecule has 0 aromatic carbocycles. The van der Waals surface area contributed by atoms with Crippen molar-refractivity contribution >= 4 is 21.8 Å². The summed E-state index contributed by atoms with van der Waals surface area (Å²) >= 11 is 3.37. The van der Waals surface area contributed by atoms with Crippen molar-refractivity contribution in [3.63, 3.8) is 0 Å². The molecule has 0 radical (unpaired) electrons. The molecular formula is C12H21BrN4O. The molecule has 1 aromatic heterocycles. The van der Waals surface area contributed by atoms with Crippen LogP contribution in [-0.4, -0.2) is 46.8 Å². The molecule has 0 fully saturated rings. The minimum absolute atomic E-state index is 0.00263. The number of nitrogens with one attached hydrogen (secondary N) is 1. The van der Waals surface area contributed by atoms with Gasteiger partial charge in [0.2, 0.25) is 5.91 Å². The molecule has 1 heterocycles. The molecule has 18 heavy (non-hydrogen) atoms. The summed E-state index contributed by atoms with van der Waals surface area (Å²) < 4.78 is 2.57. The van der Waals surface area contributed by atoms with Crippen molar-refractivity contribution in [1.82, 2.24) is 20.0 Å². The first-order valence-electron chi connectivity index (χ1n) is 6.25. The summed E-state index contributed by atoms with van der Waals surface area (Å²) in [7, 11) is 0. The zero-order valence-corrected chi connectivity index (χ0v) is 12.8. The molecule has 0 unspecified atom stereocenters. The number of aromatic nitrogens is 2. The Kier molecular flexibility index (Phi) is 6.35. The Labute approximate surface area is 117 Å². The fourth-order valence-corrected chi connectivity index (χ4v) is 1.99. The Balaban J connectivity index is 2.29. The minimum Gasteiger partial charge on any atom is -0.353 e. The van der Waals surface area contributed by atoms with Crippen LogP contribution < -0.4 is 5.32 Å². The van der Waals surface area contributed by atoms with E-state index >= 15 is 0 Å². The second-order valence-electron chi connectivity index (χ2n) is 4.14. The number of aryl methyl sites for hydroxylation is 1. The molecule has 6 heteroatoms. The van der Waals surface area contributed by atoms with Gasteiger partial charge in [-0.1, -0.05) is 13.8 Å². The van der Waals surface area contributed by atoms with Gasteiger partial charge >= 0.3 is 0 Å². The maximum atomic E-state index is 11.7. The largest absolute Gasteiger partial charge is 0.353 e. The van der Waals surface area contributed by atoms with E-state index in [4.69, 9.17) is 0 Å². The molecule has 1 rings (SSSR count). The van der Waals surface area contributed by atoms with Crippen molar-refractivity contribution in [2.75, 3.05) is 26.2 Å². The van der Waals surface area contributed by atoms with Crippen LogP contribution in [0.1, 0.15) is 19.5 Å². The van der Waals surface area contributed by atoms with E-state index in [2.05, 4.69) is 45.1 Å². The molecule has 0 bridgehead atoms. The Hall–Kier alpha value is -0.880. The number of hydrogen-bond donors (Lipinski definition) is 1. The molecule has 0 aliphatic carbocycles. The summed E-state index contributed by atoms with van der Waals surface area (Å²) in [4.78, 5) is 14.0. The smallest absolute Gasteiger partial charge is 0.241 e. The zero-order valence-electron chi connectivity index (χ0n) is 11.2. The van der Waals surface area contributed by atoms with E-state index in [1.807, 2.05) is 13.1 Å². The van der Waals surface area contributed by atoms with Gasteiger partial charge in [0.05, 0.1) is 10.2 Å². The first kappa shape index (κ1) is 15.2. The van der Waals surface area contributed by atoms with Crippen LogP contribution in [-0.2, 0) is 11.3 Å². The van der Waals surface area contributed by atoms with Gasteiger partial charge in [-0.05, 0) is 35.9 Å². The third kappa shape index (κ3) is 4.78. The molecular weight excluding hydrogens is 296 g/mol. The van der Waals surface area contributed by atoms with Crippen LogP contribution in [0.5, 0.6) is 0 Å². The van der Waals surface area contributed by atoms with Crippen LogP contribution in [0.3, 0.4) is 0 Å². The highest BCUT2D eigenvalue weighted by atomic mass is 79.9. The van der Waals surface area contributed by atoms with E-state index in [1.54, 1.807) is 4.68 Å². The van der Waals surface area contributed by atoms with Gasteiger partial charge in [0, 0.05) is 19.3 Å². The number of likely N-dealkylation sites (N-methyl/N-ethyl adjacent to an activating group) is 1. The van der Waals surface area contributed by atoms with Gasteiger partial charge in [0.1, 0.15) is 6.54 Å². The standard InChI is InChI=1S/C12H21BrN4O/c1-4-16(5-2)7-6-14-12(18)9-17-8-11(13)10(3)15-17/h8H,4-7,9H2,1-3H3,(H,14,18). The van der Waals surface area contributed by atoms with Gasteiger partial charge in [-0.2, -0.15) is 5.10 Å². The fraction of sp³-hybridized carbons (Fsp3) is 0.667. The van der Waals surface area contributed by atoms with E-state index in [-0.39, 0.29) is 12.5 Å². The summed E-state index contributed by atoms with van der Waals surface area (Å²) in [5, 5.41) is 7.13. The molecule has 1 N–H and O–H groups in total.